The summed E-state index contributed by atoms with van der Waals surface area (Å²) < 4.78 is 5.82. The lowest BCUT2D eigenvalue weighted by molar-refractivity contribution is -0.113. The molecule has 0 spiro atoms. The van der Waals surface area contributed by atoms with Gasteiger partial charge in [0.25, 0.3) is 5.91 Å². The van der Waals surface area contributed by atoms with Crippen LogP contribution in [0.5, 0.6) is 5.75 Å². The number of thioether (sulfide) groups is 1. The van der Waals surface area contributed by atoms with Crippen LogP contribution in [0.2, 0.25) is 0 Å². The Morgan fingerprint density at radius 2 is 1.68 bits per heavy atom. The van der Waals surface area contributed by atoms with Gasteiger partial charge in [-0.3, -0.25) is 4.79 Å². The number of hydrogen-bond donors (Lipinski definition) is 0. The van der Waals surface area contributed by atoms with Gasteiger partial charge in [0, 0.05) is 13.1 Å². The van der Waals surface area contributed by atoms with Crippen molar-refractivity contribution in [1.82, 2.24) is 4.90 Å². The molecule has 144 valence electrons. The standard InChI is InChI=1S/C23H24N2O2S/c26-22-21(28-23(24-22)25-14-6-1-2-7-15-25)16-18-10-12-20(13-11-18)27-17-19-8-4-3-5-9-19/h3-5,8-13,16H,1-2,6-7,14-15,17H2. The minimum Gasteiger partial charge on any atom is -0.489 e. The van der Waals surface area contributed by atoms with E-state index in [-0.39, 0.29) is 5.91 Å². The van der Waals surface area contributed by atoms with Crippen LogP contribution >= 0.6 is 11.8 Å². The van der Waals surface area contributed by atoms with Gasteiger partial charge in [-0.25, -0.2) is 0 Å². The fraction of sp³-hybridized carbons (Fsp3) is 0.304. The van der Waals surface area contributed by atoms with Crippen molar-refractivity contribution < 1.29 is 9.53 Å². The van der Waals surface area contributed by atoms with Crippen LogP contribution in [0.3, 0.4) is 0 Å². The Morgan fingerprint density at radius 3 is 2.39 bits per heavy atom. The molecule has 0 unspecified atom stereocenters. The number of rotatable bonds is 4. The average Bonchev–Trinajstić information content (AvgIpc) is 2.93. The fourth-order valence-corrected chi connectivity index (χ4v) is 4.31. The maximum atomic E-state index is 12.3. The highest BCUT2D eigenvalue weighted by molar-refractivity contribution is 8.18. The summed E-state index contributed by atoms with van der Waals surface area (Å²) in [4.78, 5) is 19.6. The zero-order valence-corrected chi connectivity index (χ0v) is 16.7. The van der Waals surface area contributed by atoms with Gasteiger partial charge in [-0.1, -0.05) is 55.3 Å². The van der Waals surface area contributed by atoms with E-state index in [0.29, 0.717) is 11.5 Å². The van der Waals surface area contributed by atoms with Crippen molar-refractivity contribution in [3.63, 3.8) is 0 Å². The van der Waals surface area contributed by atoms with Crippen molar-refractivity contribution in [2.24, 2.45) is 4.99 Å². The highest BCUT2D eigenvalue weighted by Crippen LogP contribution is 2.31. The topological polar surface area (TPSA) is 41.9 Å². The van der Waals surface area contributed by atoms with Crippen LogP contribution in [0, 0.1) is 0 Å². The molecule has 2 aliphatic rings. The summed E-state index contributed by atoms with van der Waals surface area (Å²) in [5, 5.41) is 0.862. The predicted octanol–water partition coefficient (Wildman–Crippen LogP) is 5.11. The van der Waals surface area contributed by atoms with E-state index < -0.39 is 0 Å². The van der Waals surface area contributed by atoms with E-state index in [1.807, 2.05) is 60.7 Å². The normalized spacial score (nSPS) is 18.9. The van der Waals surface area contributed by atoms with Crippen molar-refractivity contribution in [2.45, 2.75) is 32.3 Å². The number of nitrogens with zero attached hydrogens (tertiary/aromatic N) is 2. The molecule has 2 aromatic rings. The summed E-state index contributed by atoms with van der Waals surface area (Å²) >= 11 is 1.50. The van der Waals surface area contributed by atoms with Gasteiger partial charge in [0.1, 0.15) is 12.4 Å². The van der Waals surface area contributed by atoms with Gasteiger partial charge in [-0.05, 0) is 53.9 Å². The van der Waals surface area contributed by atoms with Crippen molar-refractivity contribution in [1.29, 1.82) is 0 Å². The van der Waals surface area contributed by atoms with Crippen molar-refractivity contribution in [3.8, 4) is 5.75 Å². The van der Waals surface area contributed by atoms with E-state index >= 15 is 0 Å². The second-order valence-corrected chi connectivity index (χ2v) is 8.06. The summed E-state index contributed by atoms with van der Waals surface area (Å²) in [6.07, 6.45) is 6.81. The van der Waals surface area contributed by atoms with Gasteiger partial charge in [-0.15, -0.1) is 0 Å². The van der Waals surface area contributed by atoms with Gasteiger partial charge in [0.2, 0.25) is 0 Å². The monoisotopic (exact) mass is 392 g/mol. The second kappa shape index (κ2) is 9.11. The first kappa shape index (κ1) is 18.8. The molecule has 0 radical (unpaired) electrons. The van der Waals surface area contributed by atoms with Gasteiger partial charge >= 0.3 is 0 Å². The van der Waals surface area contributed by atoms with Crippen LogP contribution in [0.15, 0.2) is 64.5 Å². The first-order valence-corrected chi connectivity index (χ1v) is 10.6. The molecule has 1 amide bonds. The van der Waals surface area contributed by atoms with E-state index in [0.717, 1.165) is 35.1 Å². The fourth-order valence-electron chi connectivity index (χ4n) is 3.35. The van der Waals surface area contributed by atoms with E-state index in [9.17, 15) is 4.79 Å². The molecule has 0 aliphatic carbocycles. The smallest absolute Gasteiger partial charge is 0.286 e. The lowest BCUT2D eigenvalue weighted by Crippen LogP contribution is -2.28. The minimum atomic E-state index is -0.131. The molecule has 4 nitrogen and oxygen atoms in total. The largest absolute Gasteiger partial charge is 0.489 e. The molecule has 0 N–H and O–H groups in total. The predicted molar refractivity (Wildman–Crippen MR) is 115 cm³/mol. The second-order valence-electron chi connectivity index (χ2n) is 7.05. The Hall–Kier alpha value is -2.53. The Labute approximate surface area is 170 Å². The Kier molecular flexibility index (Phi) is 6.12. The van der Waals surface area contributed by atoms with Crippen LogP contribution in [0.1, 0.15) is 36.8 Å². The number of carbonyl (C=O) groups is 1. The van der Waals surface area contributed by atoms with Crippen LogP contribution < -0.4 is 4.74 Å². The minimum absolute atomic E-state index is 0.131. The third-order valence-corrected chi connectivity index (χ3v) is 5.96. The molecule has 2 aliphatic heterocycles. The molecule has 2 heterocycles. The lowest BCUT2D eigenvalue weighted by Gasteiger charge is -2.20. The van der Waals surface area contributed by atoms with Gasteiger partial charge in [0.15, 0.2) is 5.17 Å². The Morgan fingerprint density at radius 1 is 0.964 bits per heavy atom. The summed E-state index contributed by atoms with van der Waals surface area (Å²) in [6.45, 7) is 2.54. The lowest BCUT2D eigenvalue weighted by atomic mass is 10.2. The summed E-state index contributed by atoms with van der Waals surface area (Å²) in [5.41, 5.74) is 2.12. The number of hydrogen-bond acceptors (Lipinski definition) is 4. The third-order valence-electron chi connectivity index (χ3n) is 4.91. The number of likely N-dealkylation sites (tertiary alicyclic amines) is 1. The first-order valence-electron chi connectivity index (χ1n) is 9.82. The van der Waals surface area contributed by atoms with E-state index in [4.69, 9.17) is 4.74 Å². The van der Waals surface area contributed by atoms with Crippen molar-refractivity contribution in [2.75, 3.05) is 13.1 Å². The number of ether oxygens (including phenoxy) is 1. The molecule has 1 fully saturated rings. The molecule has 28 heavy (non-hydrogen) atoms. The molecule has 0 bridgehead atoms. The number of amides is 1. The maximum Gasteiger partial charge on any atom is 0.286 e. The molecule has 5 heteroatoms. The SMILES string of the molecule is O=C1N=C(N2CCCCCC2)SC1=Cc1ccc(OCc2ccccc2)cc1. The van der Waals surface area contributed by atoms with Crippen molar-refractivity contribution >= 4 is 28.9 Å². The molecule has 0 saturated carbocycles. The number of amidine groups is 1. The zero-order chi connectivity index (χ0) is 19.2. The third kappa shape index (κ3) is 4.84. The number of carbonyl (C=O) groups excluding carboxylic acids is 1. The van der Waals surface area contributed by atoms with Crippen molar-refractivity contribution in [3.05, 3.63) is 70.6 Å². The van der Waals surface area contributed by atoms with Crippen LogP contribution in [-0.4, -0.2) is 29.1 Å². The zero-order valence-electron chi connectivity index (χ0n) is 15.8. The Bertz CT molecular complexity index is 867. The van der Waals surface area contributed by atoms with Gasteiger partial charge in [-0.2, -0.15) is 4.99 Å². The molecule has 2 aromatic carbocycles. The van der Waals surface area contributed by atoms with E-state index in [1.54, 1.807) is 0 Å². The van der Waals surface area contributed by atoms with Crippen LogP contribution in [0.25, 0.3) is 6.08 Å². The quantitative estimate of drug-likeness (QED) is 0.678. The summed E-state index contributed by atoms with van der Waals surface area (Å²) in [6, 6.07) is 17.9. The van der Waals surface area contributed by atoms with Crippen LogP contribution in [0.4, 0.5) is 0 Å². The Balaban J connectivity index is 1.37. The highest BCUT2D eigenvalue weighted by atomic mass is 32.2. The summed E-state index contributed by atoms with van der Waals surface area (Å²) in [7, 11) is 0. The first-order chi connectivity index (χ1) is 13.8. The molecule has 1 saturated heterocycles. The highest BCUT2D eigenvalue weighted by Gasteiger charge is 2.26. The molecule has 4 rings (SSSR count). The van der Waals surface area contributed by atoms with Crippen LogP contribution in [-0.2, 0) is 11.4 Å². The molecule has 0 aromatic heterocycles. The molecular formula is C23H24N2O2S. The molecule has 0 atom stereocenters. The van der Waals surface area contributed by atoms with E-state index in [1.165, 1.54) is 37.4 Å². The molecular weight excluding hydrogens is 368 g/mol. The number of benzene rings is 2. The average molecular weight is 393 g/mol. The van der Waals surface area contributed by atoms with Gasteiger partial charge < -0.3 is 9.64 Å². The van der Waals surface area contributed by atoms with E-state index in [2.05, 4.69) is 9.89 Å². The summed E-state index contributed by atoms with van der Waals surface area (Å²) in [5.74, 6) is 0.687. The number of aliphatic imine (C=N–C) groups is 1. The maximum absolute atomic E-state index is 12.3. The van der Waals surface area contributed by atoms with Gasteiger partial charge in [0.05, 0.1) is 4.91 Å².